The maximum Gasteiger partial charge on any atom is 0.389 e. The SMILES string of the molecule is CNC(C)c1nnc(NCCCCC(F)(F)F)o1. The number of halogens is 3. The molecule has 0 saturated heterocycles. The zero-order chi connectivity index (χ0) is 13.6. The zero-order valence-electron chi connectivity index (χ0n) is 10.3. The second-order valence-corrected chi connectivity index (χ2v) is 3.95. The summed E-state index contributed by atoms with van der Waals surface area (Å²) in [5, 5.41) is 13.3. The molecule has 0 fully saturated rings. The third kappa shape index (κ3) is 5.35. The first-order valence-corrected chi connectivity index (χ1v) is 5.73. The van der Waals surface area contributed by atoms with Crippen molar-refractivity contribution in [2.24, 2.45) is 0 Å². The largest absolute Gasteiger partial charge is 0.406 e. The van der Waals surface area contributed by atoms with E-state index in [-0.39, 0.29) is 18.5 Å². The minimum Gasteiger partial charge on any atom is -0.406 e. The minimum atomic E-state index is -4.08. The molecule has 0 saturated carbocycles. The topological polar surface area (TPSA) is 63.0 Å². The summed E-state index contributed by atoms with van der Waals surface area (Å²) in [7, 11) is 1.76. The maximum atomic E-state index is 11.9. The fourth-order valence-corrected chi connectivity index (χ4v) is 1.25. The van der Waals surface area contributed by atoms with Gasteiger partial charge in [0.05, 0.1) is 6.04 Å². The van der Waals surface area contributed by atoms with Crippen molar-refractivity contribution in [1.82, 2.24) is 15.5 Å². The van der Waals surface area contributed by atoms with Crippen molar-refractivity contribution in [3.63, 3.8) is 0 Å². The number of nitrogens with zero attached hydrogens (tertiary/aromatic N) is 2. The highest BCUT2D eigenvalue weighted by molar-refractivity contribution is 5.16. The quantitative estimate of drug-likeness (QED) is 0.742. The Morgan fingerprint density at radius 3 is 2.61 bits per heavy atom. The zero-order valence-corrected chi connectivity index (χ0v) is 10.3. The number of anilines is 1. The molecular formula is C10H17F3N4O. The van der Waals surface area contributed by atoms with Crippen LogP contribution >= 0.6 is 0 Å². The fourth-order valence-electron chi connectivity index (χ4n) is 1.25. The van der Waals surface area contributed by atoms with Gasteiger partial charge in [-0.15, -0.1) is 5.10 Å². The summed E-state index contributed by atoms with van der Waals surface area (Å²) in [5.74, 6) is 0.440. The molecule has 8 heteroatoms. The third-order valence-electron chi connectivity index (χ3n) is 2.41. The van der Waals surface area contributed by atoms with E-state index in [4.69, 9.17) is 4.42 Å². The van der Waals surface area contributed by atoms with E-state index in [1.165, 1.54) is 0 Å². The van der Waals surface area contributed by atoms with E-state index in [2.05, 4.69) is 20.8 Å². The number of hydrogen-bond donors (Lipinski definition) is 2. The van der Waals surface area contributed by atoms with Gasteiger partial charge >= 0.3 is 12.2 Å². The molecule has 1 rings (SSSR count). The summed E-state index contributed by atoms with van der Waals surface area (Å²) in [6.45, 7) is 2.24. The number of hydrogen-bond acceptors (Lipinski definition) is 5. The van der Waals surface area contributed by atoms with E-state index >= 15 is 0 Å². The number of unbranched alkanes of at least 4 members (excludes halogenated alkanes) is 1. The van der Waals surface area contributed by atoms with E-state index in [1.807, 2.05) is 6.92 Å². The standard InChI is InChI=1S/C10H17F3N4O/c1-7(14-2)8-16-17-9(18-8)15-6-4-3-5-10(11,12)13/h7,14H,3-6H2,1-2H3,(H,15,17). The van der Waals surface area contributed by atoms with Crippen LogP contribution < -0.4 is 10.6 Å². The van der Waals surface area contributed by atoms with Gasteiger partial charge in [-0.1, -0.05) is 5.10 Å². The van der Waals surface area contributed by atoms with Gasteiger partial charge in [0.15, 0.2) is 0 Å². The highest BCUT2D eigenvalue weighted by Crippen LogP contribution is 2.22. The van der Waals surface area contributed by atoms with Crippen molar-refractivity contribution in [3.8, 4) is 0 Å². The van der Waals surface area contributed by atoms with E-state index in [0.717, 1.165) is 0 Å². The summed E-state index contributed by atoms with van der Waals surface area (Å²) in [5.41, 5.74) is 0. The van der Waals surface area contributed by atoms with E-state index in [1.54, 1.807) is 7.05 Å². The Balaban J connectivity index is 2.22. The lowest BCUT2D eigenvalue weighted by molar-refractivity contribution is -0.135. The van der Waals surface area contributed by atoms with Crippen molar-refractivity contribution >= 4 is 6.01 Å². The van der Waals surface area contributed by atoms with Crippen LogP contribution in [0.2, 0.25) is 0 Å². The Hall–Kier alpha value is -1.31. The summed E-state index contributed by atoms with van der Waals surface area (Å²) in [4.78, 5) is 0. The lowest BCUT2D eigenvalue weighted by atomic mass is 10.2. The van der Waals surface area contributed by atoms with Crippen molar-refractivity contribution in [2.75, 3.05) is 18.9 Å². The Morgan fingerprint density at radius 2 is 2.00 bits per heavy atom. The molecule has 1 atom stereocenters. The van der Waals surface area contributed by atoms with Crippen LogP contribution in [0.4, 0.5) is 19.2 Å². The van der Waals surface area contributed by atoms with Crippen molar-refractivity contribution in [3.05, 3.63) is 5.89 Å². The van der Waals surface area contributed by atoms with Gasteiger partial charge in [-0.2, -0.15) is 13.2 Å². The highest BCUT2D eigenvalue weighted by atomic mass is 19.4. The Bertz CT molecular complexity index is 353. The second kappa shape index (κ2) is 6.58. The lowest BCUT2D eigenvalue weighted by Crippen LogP contribution is -2.12. The molecule has 0 aromatic carbocycles. The van der Waals surface area contributed by atoms with Crippen LogP contribution in [0.15, 0.2) is 4.42 Å². The molecule has 0 aliphatic heterocycles. The number of nitrogens with one attached hydrogen (secondary N) is 2. The van der Waals surface area contributed by atoms with Crippen LogP contribution in [0.5, 0.6) is 0 Å². The molecule has 0 amide bonds. The molecule has 1 heterocycles. The van der Waals surface area contributed by atoms with Crippen molar-refractivity contribution < 1.29 is 17.6 Å². The van der Waals surface area contributed by atoms with Gasteiger partial charge in [0.25, 0.3) is 0 Å². The van der Waals surface area contributed by atoms with Gasteiger partial charge in [-0.05, 0) is 26.8 Å². The normalized spacial score (nSPS) is 13.6. The predicted octanol–water partition coefficient (Wildman–Crippen LogP) is 2.49. The molecule has 1 unspecified atom stereocenters. The summed E-state index contributed by atoms with van der Waals surface area (Å²) < 4.78 is 40.9. The average molecular weight is 266 g/mol. The van der Waals surface area contributed by atoms with E-state index < -0.39 is 12.6 Å². The van der Waals surface area contributed by atoms with Crippen LogP contribution in [0.3, 0.4) is 0 Å². The molecule has 18 heavy (non-hydrogen) atoms. The summed E-state index contributed by atoms with van der Waals surface area (Å²) in [6, 6.07) is 0.178. The first-order valence-electron chi connectivity index (χ1n) is 5.73. The van der Waals surface area contributed by atoms with Gasteiger partial charge in [0.1, 0.15) is 0 Å². The Morgan fingerprint density at radius 1 is 1.28 bits per heavy atom. The molecule has 0 radical (unpaired) electrons. The number of alkyl halides is 3. The lowest BCUT2D eigenvalue weighted by Gasteiger charge is -2.05. The van der Waals surface area contributed by atoms with E-state index in [0.29, 0.717) is 18.9 Å². The molecule has 104 valence electrons. The maximum absolute atomic E-state index is 11.9. The molecule has 2 N–H and O–H groups in total. The molecule has 0 aliphatic rings. The van der Waals surface area contributed by atoms with Crippen molar-refractivity contribution in [2.45, 2.75) is 38.4 Å². The fraction of sp³-hybridized carbons (Fsp3) is 0.800. The minimum absolute atomic E-state index is 0.0571. The van der Waals surface area contributed by atoms with Gasteiger partial charge in [-0.25, -0.2) is 0 Å². The molecule has 5 nitrogen and oxygen atoms in total. The average Bonchev–Trinajstić information content (AvgIpc) is 2.75. The molecule has 0 spiro atoms. The highest BCUT2D eigenvalue weighted by Gasteiger charge is 2.25. The van der Waals surface area contributed by atoms with Gasteiger partial charge in [-0.3, -0.25) is 0 Å². The molecular weight excluding hydrogens is 249 g/mol. The molecule has 1 aromatic rings. The van der Waals surface area contributed by atoms with Crippen LogP contribution in [0, 0.1) is 0 Å². The molecule has 0 bridgehead atoms. The van der Waals surface area contributed by atoms with Crippen LogP contribution in [0.25, 0.3) is 0 Å². The monoisotopic (exact) mass is 266 g/mol. The van der Waals surface area contributed by atoms with E-state index in [9.17, 15) is 13.2 Å². The Kier molecular flexibility index (Phi) is 5.39. The molecule has 0 aliphatic carbocycles. The van der Waals surface area contributed by atoms with Crippen LogP contribution in [0.1, 0.15) is 38.1 Å². The number of rotatable bonds is 7. The summed E-state index contributed by atoms with van der Waals surface area (Å²) in [6.07, 6.45) is -4.36. The molecule has 1 aromatic heterocycles. The van der Waals surface area contributed by atoms with Crippen LogP contribution in [-0.4, -0.2) is 30.0 Å². The van der Waals surface area contributed by atoms with Crippen LogP contribution in [-0.2, 0) is 0 Å². The van der Waals surface area contributed by atoms with Gasteiger partial charge < -0.3 is 15.1 Å². The number of aromatic nitrogens is 2. The Labute approximate surface area is 103 Å². The third-order valence-corrected chi connectivity index (χ3v) is 2.41. The first kappa shape index (κ1) is 14.7. The predicted molar refractivity (Wildman–Crippen MR) is 60.2 cm³/mol. The van der Waals surface area contributed by atoms with Gasteiger partial charge in [0, 0.05) is 13.0 Å². The first-order chi connectivity index (χ1) is 8.42. The second-order valence-electron chi connectivity index (χ2n) is 3.95. The summed E-state index contributed by atoms with van der Waals surface area (Å²) >= 11 is 0. The smallest absolute Gasteiger partial charge is 0.389 e. The van der Waals surface area contributed by atoms with Crippen molar-refractivity contribution in [1.29, 1.82) is 0 Å². The van der Waals surface area contributed by atoms with Gasteiger partial charge in [0.2, 0.25) is 5.89 Å².